The monoisotopic (exact) mass is 322 g/mol. The Kier molecular flexibility index (Phi) is 5.26. The number of amides is 1. The van der Waals surface area contributed by atoms with Gasteiger partial charge in [0.2, 0.25) is 5.91 Å². The van der Waals surface area contributed by atoms with Gasteiger partial charge < -0.3 is 19.8 Å². The first-order chi connectivity index (χ1) is 10.6. The van der Waals surface area contributed by atoms with Crippen molar-refractivity contribution in [3.8, 4) is 22.9 Å². The van der Waals surface area contributed by atoms with Crippen molar-refractivity contribution in [2.75, 3.05) is 20.0 Å². The molecule has 1 amide bonds. The van der Waals surface area contributed by atoms with Crippen molar-refractivity contribution in [3.05, 3.63) is 18.2 Å². The molecule has 118 valence electrons. The van der Waals surface area contributed by atoms with Crippen LogP contribution in [0.5, 0.6) is 11.5 Å². The van der Waals surface area contributed by atoms with Crippen LogP contribution in [0.25, 0.3) is 11.4 Å². The van der Waals surface area contributed by atoms with E-state index in [1.807, 2.05) is 23.6 Å². The number of aromatic nitrogens is 3. The molecule has 0 saturated heterocycles. The molecular weight excluding hydrogens is 304 g/mol. The average molecular weight is 322 g/mol. The first-order valence-electron chi connectivity index (χ1n) is 6.66. The molecule has 0 unspecified atom stereocenters. The lowest BCUT2D eigenvalue weighted by molar-refractivity contribution is -0.115. The van der Waals surface area contributed by atoms with Crippen molar-refractivity contribution >= 4 is 17.7 Å². The number of hydrogen-bond donors (Lipinski definition) is 1. The van der Waals surface area contributed by atoms with E-state index in [0.29, 0.717) is 29.0 Å². The fraction of sp³-hybridized carbons (Fsp3) is 0.357. The lowest BCUT2D eigenvalue weighted by Gasteiger charge is -2.10. The van der Waals surface area contributed by atoms with Gasteiger partial charge in [-0.25, -0.2) is 0 Å². The summed E-state index contributed by atoms with van der Waals surface area (Å²) in [6, 6.07) is 5.52. The van der Waals surface area contributed by atoms with Gasteiger partial charge >= 0.3 is 0 Å². The van der Waals surface area contributed by atoms with Gasteiger partial charge in [0.15, 0.2) is 11.0 Å². The van der Waals surface area contributed by atoms with Crippen LogP contribution >= 0.6 is 11.8 Å². The van der Waals surface area contributed by atoms with E-state index in [4.69, 9.17) is 15.2 Å². The molecule has 0 fully saturated rings. The molecule has 8 heteroatoms. The van der Waals surface area contributed by atoms with Gasteiger partial charge in [0.05, 0.1) is 20.0 Å². The van der Waals surface area contributed by atoms with E-state index in [0.717, 1.165) is 5.56 Å². The molecule has 0 aliphatic heterocycles. The SMILES string of the molecule is CCn1c(SCC(N)=O)nnc1-c1cc(OC)cc(OC)c1. The maximum Gasteiger partial charge on any atom is 0.227 e. The highest BCUT2D eigenvalue weighted by Gasteiger charge is 2.15. The normalized spacial score (nSPS) is 10.5. The molecule has 22 heavy (non-hydrogen) atoms. The second-order valence-electron chi connectivity index (χ2n) is 4.41. The Balaban J connectivity index is 2.42. The summed E-state index contributed by atoms with van der Waals surface area (Å²) in [5.74, 6) is 1.81. The number of ether oxygens (including phenoxy) is 2. The molecule has 2 aromatic rings. The van der Waals surface area contributed by atoms with Crippen LogP contribution in [0.3, 0.4) is 0 Å². The number of carbonyl (C=O) groups is 1. The highest BCUT2D eigenvalue weighted by molar-refractivity contribution is 7.99. The minimum atomic E-state index is -0.389. The number of nitrogens with zero attached hydrogens (tertiary/aromatic N) is 3. The van der Waals surface area contributed by atoms with Crippen molar-refractivity contribution in [1.29, 1.82) is 0 Å². The molecule has 1 aromatic carbocycles. The highest BCUT2D eigenvalue weighted by Crippen LogP contribution is 2.30. The molecule has 0 radical (unpaired) electrons. The predicted molar refractivity (Wildman–Crippen MR) is 84.2 cm³/mol. The Morgan fingerprint density at radius 1 is 1.23 bits per heavy atom. The van der Waals surface area contributed by atoms with Crippen LogP contribution in [0.2, 0.25) is 0 Å². The Morgan fingerprint density at radius 2 is 1.86 bits per heavy atom. The first kappa shape index (κ1) is 16.2. The van der Waals surface area contributed by atoms with E-state index in [-0.39, 0.29) is 11.7 Å². The minimum absolute atomic E-state index is 0.166. The second-order valence-corrected chi connectivity index (χ2v) is 5.35. The molecule has 7 nitrogen and oxygen atoms in total. The number of benzene rings is 1. The fourth-order valence-corrected chi connectivity index (χ4v) is 2.71. The third-order valence-electron chi connectivity index (χ3n) is 2.99. The van der Waals surface area contributed by atoms with Crippen molar-refractivity contribution < 1.29 is 14.3 Å². The van der Waals surface area contributed by atoms with E-state index >= 15 is 0 Å². The maximum atomic E-state index is 10.9. The van der Waals surface area contributed by atoms with Crippen molar-refractivity contribution in [1.82, 2.24) is 14.8 Å². The van der Waals surface area contributed by atoms with Gasteiger partial charge in [0.1, 0.15) is 11.5 Å². The van der Waals surface area contributed by atoms with Crippen LogP contribution in [-0.2, 0) is 11.3 Å². The molecule has 0 saturated carbocycles. The summed E-state index contributed by atoms with van der Waals surface area (Å²) in [7, 11) is 3.19. The van der Waals surface area contributed by atoms with Gasteiger partial charge in [-0.2, -0.15) is 0 Å². The molecule has 0 bridgehead atoms. The molecule has 1 heterocycles. The average Bonchev–Trinajstić information content (AvgIpc) is 2.95. The number of carbonyl (C=O) groups excluding carboxylic acids is 1. The van der Waals surface area contributed by atoms with Gasteiger partial charge in [-0.1, -0.05) is 11.8 Å². The molecule has 0 spiro atoms. The summed E-state index contributed by atoms with van der Waals surface area (Å²) in [5.41, 5.74) is 6.01. The Hall–Kier alpha value is -2.22. The number of primary amides is 1. The van der Waals surface area contributed by atoms with Crippen LogP contribution in [0, 0.1) is 0 Å². The minimum Gasteiger partial charge on any atom is -0.497 e. The van der Waals surface area contributed by atoms with Crippen LogP contribution < -0.4 is 15.2 Å². The Bertz CT molecular complexity index is 650. The number of hydrogen-bond acceptors (Lipinski definition) is 6. The zero-order chi connectivity index (χ0) is 16.1. The van der Waals surface area contributed by atoms with Gasteiger partial charge in [-0.05, 0) is 19.1 Å². The van der Waals surface area contributed by atoms with Crippen LogP contribution in [0.1, 0.15) is 6.92 Å². The van der Waals surface area contributed by atoms with E-state index in [1.165, 1.54) is 11.8 Å². The van der Waals surface area contributed by atoms with E-state index < -0.39 is 0 Å². The highest BCUT2D eigenvalue weighted by atomic mass is 32.2. The van der Waals surface area contributed by atoms with Gasteiger partial charge in [-0.3, -0.25) is 4.79 Å². The third kappa shape index (κ3) is 3.51. The molecule has 0 aliphatic carbocycles. The van der Waals surface area contributed by atoms with Crippen molar-refractivity contribution in [2.24, 2.45) is 5.73 Å². The largest absolute Gasteiger partial charge is 0.497 e. The summed E-state index contributed by atoms with van der Waals surface area (Å²) in [6.45, 7) is 2.65. The van der Waals surface area contributed by atoms with E-state index in [9.17, 15) is 4.79 Å². The summed E-state index contributed by atoms with van der Waals surface area (Å²) in [5, 5.41) is 9.00. The summed E-state index contributed by atoms with van der Waals surface area (Å²) in [4.78, 5) is 10.9. The molecule has 2 rings (SSSR count). The van der Waals surface area contributed by atoms with E-state index in [1.54, 1.807) is 20.3 Å². The lowest BCUT2D eigenvalue weighted by Crippen LogP contribution is -2.13. The zero-order valence-corrected chi connectivity index (χ0v) is 13.5. The topological polar surface area (TPSA) is 92.3 Å². The second kappa shape index (κ2) is 7.17. The lowest BCUT2D eigenvalue weighted by atomic mass is 10.2. The summed E-state index contributed by atoms with van der Waals surface area (Å²) >= 11 is 1.27. The third-order valence-corrected chi connectivity index (χ3v) is 3.98. The number of thioether (sulfide) groups is 1. The van der Waals surface area contributed by atoms with Crippen LogP contribution in [0.15, 0.2) is 23.4 Å². The van der Waals surface area contributed by atoms with Crippen molar-refractivity contribution in [3.63, 3.8) is 0 Å². The summed E-state index contributed by atoms with van der Waals surface area (Å²) in [6.07, 6.45) is 0. The van der Waals surface area contributed by atoms with Gasteiger partial charge in [-0.15, -0.1) is 10.2 Å². The van der Waals surface area contributed by atoms with Gasteiger partial charge in [0, 0.05) is 18.2 Å². The Morgan fingerprint density at radius 3 is 2.36 bits per heavy atom. The molecule has 0 atom stereocenters. The van der Waals surface area contributed by atoms with Crippen LogP contribution in [0.4, 0.5) is 0 Å². The van der Waals surface area contributed by atoms with Gasteiger partial charge in [0.25, 0.3) is 0 Å². The van der Waals surface area contributed by atoms with Crippen molar-refractivity contribution in [2.45, 2.75) is 18.6 Å². The number of nitrogens with two attached hydrogens (primary N) is 1. The first-order valence-corrected chi connectivity index (χ1v) is 7.65. The summed E-state index contributed by atoms with van der Waals surface area (Å²) < 4.78 is 12.5. The molecule has 0 aliphatic rings. The fourth-order valence-electron chi connectivity index (χ4n) is 1.97. The molecular formula is C14H18N4O3S. The molecule has 2 N–H and O–H groups in total. The quantitative estimate of drug-likeness (QED) is 0.778. The molecule has 1 aromatic heterocycles. The zero-order valence-electron chi connectivity index (χ0n) is 12.7. The van der Waals surface area contributed by atoms with Crippen LogP contribution in [-0.4, -0.2) is 40.6 Å². The number of rotatable bonds is 7. The standard InChI is InChI=1S/C14H18N4O3S/c1-4-18-13(16-17-14(18)22-8-12(15)19)9-5-10(20-2)7-11(6-9)21-3/h5-7H,4,8H2,1-3H3,(H2,15,19). The Labute approximate surface area is 132 Å². The number of methoxy groups -OCH3 is 2. The maximum absolute atomic E-state index is 10.9. The smallest absolute Gasteiger partial charge is 0.227 e. The van der Waals surface area contributed by atoms with E-state index in [2.05, 4.69) is 10.2 Å². The predicted octanol–water partition coefficient (Wildman–Crippen LogP) is 1.56.